The van der Waals surface area contributed by atoms with Crippen LogP contribution in [0.2, 0.25) is 0 Å². The fourth-order valence-electron chi connectivity index (χ4n) is 3.90. The molecule has 5 rings (SSSR count). The number of hydrogen-bond donors (Lipinski definition) is 1. The molecule has 3 heterocycles. The van der Waals surface area contributed by atoms with Crippen LogP contribution in [-0.4, -0.2) is 15.0 Å². The van der Waals surface area contributed by atoms with E-state index in [1.807, 2.05) is 37.6 Å². The number of nitrogens with one attached hydrogen (secondary N) is 1. The monoisotopic (exact) mass is 416 g/mol. The van der Waals surface area contributed by atoms with E-state index >= 15 is 0 Å². The first kappa shape index (κ1) is 19.9. The molecule has 0 fully saturated rings. The lowest BCUT2D eigenvalue weighted by Gasteiger charge is -2.11. The molecule has 156 valence electrons. The van der Waals surface area contributed by atoms with E-state index in [-0.39, 0.29) is 0 Å². The van der Waals surface area contributed by atoms with Gasteiger partial charge in [0.2, 0.25) is 0 Å². The van der Waals surface area contributed by atoms with Gasteiger partial charge in [0.25, 0.3) is 0 Å². The SMILES string of the molecule is Cc1cccc(-c2cc3ccnc(NCc4ccc(-c5ccnc(C)c5)cc4)c3cn2)c1. The highest BCUT2D eigenvalue weighted by atomic mass is 15.0. The third kappa shape index (κ3) is 4.21. The smallest absolute Gasteiger partial charge is 0.135 e. The summed E-state index contributed by atoms with van der Waals surface area (Å²) >= 11 is 0. The molecule has 3 aromatic heterocycles. The molecule has 1 N–H and O–H groups in total. The van der Waals surface area contributed by atoms with Gasteiger partial charge >= 0.3 is 0 Å². The number of anilines is 1. The minimum atomic E-state index is 0.696. The summed E-state index contributed by atoms with van der Waals surface area (Å²) in [4.78, 5) is 13.5. The summed E-state index contributed by atoms with van der Waals surface area (Å²) in [5, 5.41) is 5.62. The summed E-state index contributed by atoms with van der Waals surface area (Å²) in [6, 6.07) is 25.3. The van der Waals surface area contributed by atoms with Crippen LogP contribution in [0.25, 0.3) is 33.2 Å². The van der Waals surface area contributed by atoms with Crippen LogP contribution in [0.1, 0.15) is 16.8 Å². The van der Waals surface area contributed by atoms with Gasteiger partial charge in [0.15, 0.2) is 0 Å². The van der Waals surface area contributed by atoms with E-state index in [9.17, 15) is 0 Å². The lowest BCUT2D eigenvalue weighted by molar-refractivity contribution is 1.12. The minimum absolute atomic E-state index is 0.696. The fraction of sp³-hybridized carbons (Fsp3) is 0.107. The van der Waals surface area contributed by atoms with Crippen molar-refractivity contribution < 1.29 is 0 Å². The van der Waals surface area contributed by atoms with Crippen molar-refractivity contribution in [2.75, 3.05) is 5.32 Å². The first-order chi connectivity index (χ1) is 15.7. The van der Waals surface area contributed by atoms with Gasteiger partial charge in [-0.05, 0) is 66.3 Å². The molecule has 4 nitrogen and oxygen atoms in total. The number of nitrogens with zero attached hydrogens (tertiary/aromatic N) is 3. The van der Waals surface area contributed by atoms with E-state index in [1.165, 1.54) is 22.3 Å². The van der Waals surface area contributed by atoms with Gasteiger partial charge in [-0.25, -0.2) is 4.98 Å². The van der Waals surface area contributed by atoms with Crippen LogP contribution in [0.4, 0.5) is 5.82 Å². The standard InChI is InChI=1S/C28H24N4/c1-19-4-3-5-25(14-19)27-16-24-11-13-30-28(26(24)18-31-27)32-17-21-6-8-22(9-7-21)23-10-12-29-20(2)15-23/h3-16,18H,17H2,1-2H3,(H,30,32). The highest BCUT2D eigenvalue weighted by Crippen LogP contribution is 2.26. The van der Waals surface area contributed by atoms with Crippen LogP contribution in [0.5, 0.6) is 0 Å². The molecule has 4 heteroatoms. The van der Waals surface area contributed by atoms with E-state index in [1.54, 1.807) is 0 Å². The van der Waals surface area contributed by atoms with Crippen molar-refractivity contribution in [3.8, 4) is 22.4 Å². The van der Waals surface area contributed by atoms with Gasteiger partial charge in [-0.3, -0.25) is 9.97 Å². The Kier molecular flexibility index (Phi) is 5.34. The molecule has 5 aromatic rings. The Bertz CT molecular complexity index is 1390. The summed E-state index contributed by atoms with van der Waals surface area (Å²) < 4.78 is 0. The van der Waals surface area contributed by atoms with Crippen LogP contribution >= 0.6 is 0 Å². The van der Waals surface area contributed by atoms with Crippen LogP contribution in [-0.2, 0) is 6.54 Å². The largest absolute Gasteiger partial charge is 0.365 e. The number of benzene rings is 2. The average Bonchev–Trinajstić information content (AvgIpc) is 2.82. The second-order valence-corrected chi connectivity index (χ2v) is 8.06. The fourth-order valence-corrected chi connectivity index (χ4v) is 3.90. The molecule has 0 atom stereocenters. The minimum Gasteiger partial charge on any atom is -0.365 e. The van der Waals surface area contributed by atoms with Crippen molar-refractivity contribution >= 4 is 16.6 Å². The number of hydrogen-bond acceptors (Lipinski definition) is 4. The van der Waals surface area contributed by atoms with Crippen molar-refractivity contribution in [3.05, 3.63) is 108 Å². The first-order valence-electron chi connectivity index (χ1n) is 10.7. The summed E-state index contributed by atoms with van der Waals surface area (Å²) in [5.41, 5.74) is 7.92. The van der Waals surface area contributed by atoms with Crippen molar-refractivity contribution in [2.24, 2.45) is 0 Å². The molecule has 0 spiro atoms. The van der Waals surface area contributed by atoms with Gasteiger partial charge in [0.1, 0.15) is 5.82 Å². The second-order valence-electron chi connectivity index (χ2n) is 8.06. The molecule has 0 unspecified atom stereocenters. The number of aryl methyl sites for hydroxylation is 2. The van der Waals surface area contributed by atoms with Gasteiger partial charge in [-0.15, -0.1) is 0 Å². The summed E-state index contributed by atoms with van der Waals surface area (Å²) in [7, 11) is 0. The van der Waals surface area contributed by atoms with Crippen molar-refractivity contribution in [1.29, 1.82) is 0 Å². The third-order valence-electron chi connectivity index (χ3n) is 5.61. The Morgan fingerprint density at radius 2 is 1.56 bits per heavy atom. The number of rotatable bonds is 5. The van der Waals surface area contributed by atoms with E-state index in [0.29, 0.717) is 6.54 Å². The predicted octanol–water partition coefficient (Wildman–Crippen LogP) is 6.59. The number of pyridine rings is 3. The van der Waals surface area contributed by atoms with Crippen molar-refractivity contribution in [2.45, 2.75) is 20.4 Å². The molecule has 0 aliphatic heterocycles. The first-order valence-corrected chi connectivity index (χ1v) is 10.7. The maximum absolute atomic E-state index is 4.70. The zero-order chi connectivity index (χ0) is 21.9. The van der Waals surface area contributed by atoms with Gasteiger partial charge in [0, 0.05) is 41.8 Å². The molecule has 0 saturated carbocycles. The Hall–Kier alpha value is -4.05. The maximum Gasteiger partial charge on any atom is 0.135 e. The van der Waals surface area contributed by atoms with Crippen LogP contribution in [0, 0.1) is 13.8 Å². The maximum atomic E-state index is 4.70. The van der Waals surface area contributed by atoms with Gasteiger partial charge in [0.05, 0.1) is 5.69 Å². The topological polar surface area (TPSA) is 50.7 Å². The predicted molar refractivity (Wildman–Crippen MR) is 131 cm³/mol. The zero-order valence-electron chi connectivity index (χ0n) is 18.2. The zero-order valence-corrected chi connectivity index (χ0v) is 18.2. The Morgan fingerprint density at radius 3 is 2.38 bits per heavy atom. The van der Waals surface area contributed by atoms with E-state index < -0.39 is 0 Å². The van der Waals surface area contributed by atoms with Gasteiger partial charge in [-0.2, -0.15) is 0 Å². The van der Waals surface area contributed by atoms with Crippen molar-refractivity contribution in [3.63, 3.8) is 0 Å². The van der Waals surface area contributed by atoms with E-state index in [2.05, 4.69) is 82.9 Å². The van der Waals surface area contributed by atoms with Gasteiger partial charge < -0.3 is 5.32 Å². The molecule has 0 amide bonds. The highest BCUT2D eigenvalue weighted by molar-refractivity contribution is 5.93. The van der Waals surface area contributed by atoms with Gasteiger partial charge in [-0.1, -0.05) is 48.0 Å². The molecule has 0 bridgehead atoms. The lowest BCUT2D eigenvalue weighted by atomic mass is 10.0. The Morgan fingerprint density at radius 1 is 0.719 bits per heavy atom. The summed E-state index contributed by atoms with van der Waals surface area (Å²) in [6.07, 6.45) is 5.61. The number of fused-ring (bicyclic) bond motifs is 1. The molecule has 2 aromatic carbocycles. The summed E-state index contributed by atoms with van der Waals surface area (Å²) in [6.45, 7) is 4.81. The lowest BCUT2D eigenvalue weighted by Crippen LogP contribution is -2.02. The quantitative estimate of drug-likeness (QED) is 0.351. The molecule has 0 saturated heterocycles. The number of aromatic nitrogens is 3. The Labute approximate surface area is 188 Å². The van der Waals surface area contributed by atoms with Crippen LogP contribution in [0.15, 0.2) is 91.4 Å². The van der Waals surface area contributed by atoms with Crippen LogP contribution in [0.3, 0.4) is 0 Å². The Balaban J connectivity index is 1.35. The third-order valence-corrected chi connectivity index (χ3v) is 5.61. The molecule has 0 radical (unpaired) electrons. The molecule has 0 aliphatic carbocycles. The molecule has 0 aliphatic rings. The average molecular weight is 417 g/mol. The molecule has 32 heavy (non-hydrogen) atoms. The second kappa shape index (κ2) is 8.60. The van der Waals surface area contributed by atoms with Crippen molar-refractivity contribution in [1.82, 2.24) is 15.0 Å². The van der Waals surface area contributed by atoms with E-state index in [0.717, 1.165) is 33.5 Å². The molecular formula is C28H24N4. The molecular weight excluding hydrogens is 392 g/mol. The highest BCUT2D eigenvalue weighted by Gasteiger charge is 2.07. The normalized spacial score (nSPS) is 10.9. The van der Waals surface area contributed by atoms with Crippen LogP contribution < -0.4 is 5.32 Å². The van der Waals surface area contributed by atoms with E-state index in [4.69, 9.17) is 4.98 Å². The summed E-state index contributed by atoms with van der Waals surface area (Å²) in [5.74, 6) is 0.847.